The lowest BCUT2D eigenvalue weighted by Crippen LogP contribution is -2.00. The number of hydrogen-bond donors (Lipinski definition) is 1. The van der Waals surface area contributed by atoms with Gasteiger partial charge in [0, 0.05) is 12.8 Å². The largest absolute Gasteiger partial charge is 0.509 e. The van der Waals surface area contributed by atoms with Gasteiger partial charge in [0.2, 0.25) is 0 Å². The molecule has 0 spiro atoms. The fraction of sp³-hybridized carbons (Fsp3) is 0.714. The molecule has 0 unspecified atom stereocenters. The monoisotopic (exact) mass is 128 g/mol. The first-order chi connectivity index (χ1) is 4.34. The Labute approximate surface area is 55.1 Å². The van der Waals surface area contributed by atoms with E-state index in [1.165, 1.54) is 0 Å². The summed E-state index contributed by atoms with van der Waals surface area (Å²) in [7, 11) is 1.61. The number of hydrogen-bond acceptors (Lipinski definition) is 2. The van der Waals surface area contributed by atoms with Crippen molar-refractivity contribution in [2.24, 2.45) is 0 Å². The van der Waals surface area contributed by atoms with Crippen LogP contribution in [0.15, 0.2) is 11.5 Å². The summed E-state index contributed by atoms with van der Waals surface area (Å²) < 4.78 is 4.93. The van der Waals surface area contributed by atoms with Crippen molar-refractivity contribution in [3.63, 3.8) is 0 Å². The molecule has 0 aromatic rings. The van der Waals surface area contributed by atoms with E-state index >= 15 is 0 Å². The number of rotatable bonds is 1. The van der Waals surface area contributed by atoms with E-state index in [0.29, 0.717) is 5.76 Å². The lowest BCUT2D eigenvalue weighted by Gasteiger charge is -2.13. The van der Waals surface area contributed by atoms with Crippen LogP contribution >= 0.6 is 0 Å². The van der Waals surface area contributed by atoms with Gasteiger partial charge in [-0.15, -0.1) is 0 Å². The molecule has 0 atom stereocenters. The fourth-order valence-electron chi connectivity index (χ4n) is 1.08. The molecule has 1 aliphatic carbocycles. The molecule has 2 heteroatoms. The summed E-state index contributed by atoms with van der Waals surface area (Å²) in [5.41, 5.74) is 0. The van der Waals surface area contributed by atoms with E-state index in [2.05, 4.69) is 0 Å². The Hall–Kier alpha value is -0.660. The van der Waals surface area contributed by atoms with Crippen molar-refractivity contribution in [1.82, 2.24) is 0 Å². The molecule has 0 fully saturated rings. The van der Waals surface area contributed by atoms with Crippen LogP contribution in [-0.4, -0.2) is 12.2 Å². The molecule has 52 valence electrons. The zero-order valence-electron chi connectivity index (χ0n) is 5.68. The third kappa shape index (κ3) is 1.37. The summed E-state index contributed by atoms with van der Waals surface area (Å²) in [5.74, 6) is 1.23. The summed E-state index contributed by atoms with van der Waals surface area (Å²) in [6.07, 6.45) is 3.94. The first-order valence-electron chi connectivity index (χ1n) is 3.29. The minimum Gasteiger partial charge on any atom is -0.509 e. The molecule has 0 amide bonds. The first-order valence-corrected chi connectivity index (χ1v) is 3.29. The minimum absolute atomic E-state index is 0.448. The molecule has 9 heavy (non-hydrogen) atoms. The molecule has 0 radical (unpaired) electrons. The molecule has 0 aliphatic heterocycles. The van der Waals surface area contributed by atoms with Gasteiger partial charge in [0.1, 0.15) is 11.5 Å². The molecule has 1 aliphatic rings. The molecular formula is C7H12O2. The second kappa shape index (κ2) is 2.76. The SMILES string of the molecule is COC1=C(O)CCCC1. The zero-order valence-corrected chi connectivity index (χ0v) is 5.68. The molecule has 0 heterocycles. The number of aliphatic hydroxyl groups is 1. The third-order valence-corrected chi connectivity index (χ3v) is 1.64. The van der Waals surface area contributed by atoms with Gasteiger partial charge in [-0.2, -0.15) is 0 Å². The zero-order chi connectivity index (χ0) is 6.69. The molecule has 0 bridgehead atoms. The highest BCUT2D eigenvalue weighted by atomic mass is 16.5. The lowest BCUT2D eigenvalue weighted by atomic mass is 10.0. The van der Waals surface area contributed by atoms with Crippen LogP contribution in [0, 0.1) is 0 Å². The number of ether oxygens (including phenoxy) is 1. The van der Waals surface area contributed by atoms with Gasteiger partial charge in [-0.25, -0.2) is 0 Å². The number of allylic oxidation sites excluding steroid dienone is 2. The average molecular weight is 128 g/mol. The van der Waals surface area contributed by atoms with Gasteiger partial charge in [0.15, 0.2) is 0 Å². The van der Waals surface area contributed by atoms with E-state index in [4.69, 9.17) is 9.84 Å². The second-order valence-corrected chi connectivity index (χ2v) is 2.28. The van der Waals surface area contributed by atoms with Crippen molar-refractivity contribution in [1.29, 1.82) is 0 Å². The Kier molecular flexibility index (Phi) is 1.98. The standard InChI is InChI=1S/C7H12O2/c1-9-7-5-3-2-4-6(7)8/h8H,2-5H2,1H3. The minimum atomic E-state index is 0.448. The van der Waals surface area contributed by atoms with Crippen molar-refractivity contribution in [2.75, 3.05) is 7.11 Å². The Morgan fingerprint density at radius 1 is 1.33 bits per heavy atom. The molecular weight excluding hydrogens is 116 g/mol. The van der Waals surface area contributed by atoms with Crippen LogP contribution in [0.25, 0.3) is 0 Å². The van der Waals surface area contributed by atoms with Gasteiger partial charge in [-0.05, 0) is 12.8 Å². The molecule has 1 N–H and O–H groups in total. The molecule has 1 rings (SSSR count). The van der Waals surface area contributed by atoms with Crippen LogP contribution in [0.1, 0.15) is 25.7 Å². The predicted octanol–water partition coefficient (Wildman–Crippen LogP) is 1.98. The van der Waals surface area contributed by atoms with Crippen molar-refractivity contribution < 1.29 is 9.84 Å². The maximum atomic E-state index is 9.12. The number of aliphatic hydroxyl groups excluding tert-OH is 1. The van der Waals surface area contributed by atoms with E-state index in [1.807, 2.05) is 0 Å². The lowest BCUT2D eigenvalue weighted by molar-refractivity contribution is 0.220. The highest BCUT2D eigenvalue weighted by Gasteiger charge is 2.10. The average Bonchev–Trinajstić information content (AvgIpc) is 1.89. The smallest absolute Gasteiger partial charge is 0.133 e. The highest BCUT2D eigenvalue weighted by molar-refractivity contribution is 5.02. The second-order valence-electron chi connectivity index (χ2n) is 2.28. The van der Waals surface area contributed by atoms with Gasteiger partial charge < -0.3 is 9.84 Å². The van der Waals surface area contributed by atoms with Crippen molar-refractivity contribution >= 4 is 0 Å². The van der Waals surface area contributed by atoms with Gasteiger partial charge >= 0.3 is 0 Å². The number of methoxy groups -OCH3 is 1. The Balaban J connectivity index is 2.59. The van der Waals surface area contributed by atoms with Crippen molar-refractivity contribution in [3.05, 3.63) is 11.5 Å². The topological polar surface area (TPSA) is 29.5 Å². The normalized spacial score (nSPS) is 20.1. The van der Waals surface area contributed by atoms with Crippen LogP contribution in [0.5, 0.6) is 0 Å². The Morgan fingerprint density at radius 2 is 2.00 bits per heavy atom. The fourth-order valence-corrected chi connectivity index (χ4v) is 1.08. The maximum Gasteiger partial charge on any atom is 0.133 e. The molecule has 0 aromatic carbocycles. The van der Waals surface area contributed by atoms with Crippen molar-refractivity contribution in [2.45, 2.75) is 25.7 Å². The first kappa shape index (κ1) is 6.46. The highest BCUT2D eigenvalue weighted by Crippen LogP contribution is 2.22. The predicted molar refractivity (Wildman–Crippen MR) is 35.1 cm³/mol. The van der Waals surface area contributed by atoms with Crippen LogP contribution in [-0.2, 0) is 4.74 Å². The summed E-state index contributed by atoms with van der Waals surface area (Å²) in [6, 6.07) is 0. The molecule has 2 nitrogen and oxygen atoms in total. The molecule has 0 saturated heterocycles. The van der Waals surface area contributed by atoms with Crippen molar-refractivity contribution in [3.8, 4) is 0 Å². The van der Waals surface area contributed by atoms with E-state index in [9.17, 15) is 0 Å². The summed E-state index contributed by atoms with van der Waals surface area (Å²) >= 11 is 0. The van der Waals surface area contributed by atoms with Gasteiger partial charge in [-0.3, -0.25) is 0 Å². The van der Waals surface area contributed by atoms with E-state index in [0.717, 1.165) is 31.4 Å². The summed E-state index contributed by atoms with van der Waals surface area (Å²) in [4.78, 5) is 0. The van der Waals surface area contributed by atoms with Crippen LogP contribution in [0.4, 0.5) is 0 Å². The van der Waals surface area contributed by atoms with Crippen LogP contribution in [0.2, 0.25) is 0 Å². The molecule has 0 saturated carbocycles. The molecule has 0 aromatic heterocycles. The van der Waals surface area contributed by atoms with E-state index in [1.54, 1.807) is 7.11 Å². The summed E-state index contributed by atoms with van der Waals surface area (Å²) in [6.45, 7) is 0. The maximum absolute atomic E-state index is 9.12. The third-order valence-electron chi connectivity index (χ3n) is 1.64. The Morgan fingerprint density at radius 3 is 2.44 bits per heavy atom. The van der Waals surface area contributed by atoms with Gasteiger partial charge in [0.25, 0.3) is 0 Å². The quantitative estimate of drug-likeness (QED) is 0.585. The van der Waals surface area contributed by atoms with Crippen LogP contribution in [0.3, 0.4) is 0 Å². The van der Waals surface area contributed by atoms with Gasteiger partial charge in [0.05, 0.1) is 7.11 Å². The summed E-state index contributed by atoms with van der Waals surface area (Å²) in [5, 5.41) is 9.12. The van der Waals surface area contributed by atoms with Crippen LogP contribution < -0.4 is 0 Å². The van der Waals surface area contributed by atoms with E-state index < -0.39 is 0 Å². The van der Waals surface area contributed by atoms with E-state index in [-0.39, 0.29) is 0 Å². The van der Waals surface area contributed by atoms with Gasteiger partial charge in [-0.1, -0.05) is 0 Å². The Bertz CT molecular complexity index is 127.